The Bertz CT molecular complexity index is 1380. The van der Waals surface area contributed by atoms with E-state index in [2.05, 4.69) is 21.6 Å². The highest BCUT2D eigenvalue weighted by molar-refractivity contribution is 6.03. The third-order valence-corrected chi connectivity index (χ3v) is 7.89. The molecule has 40 heavy (non-hydrogen) atoms. The second-order valence-corrected chi connectivity index (χ2v) is 10.4. The number of rotatable bonds is 9. The van der Waals surface area contributed by atoms with Crippen LogP contribution in [0.3, 0.4) is 0 Å². The van der Waals surface area contributed by atoms with Crippen LogP contribution in [0.2, 0.25) is 0 Å². The number of allylic oxidation sites excluding steroid dienone is 2. The molecule has 2 aromatic carbocycles. The number of piperidine rings is 1. The van der Waals surface area contributed by atoms with Crippen LogP contribution in [0.15, 0.2) is 77.1 Å². The molecule has 208 valence electrons. The van der Waals surface area contributed by atoms with Crippen LogP contribution in [0.4, 0.5) is 5.69 Å². The number of nitrogens with one attached hydrogen (secondary N) is 2. The summed E-state index contributed by atoms with van der Waals surface area (Å²) in [6, 6.07) is 18.3. The van der Waals surface area contributed by atoms with E-state index in [0.717, 1.165) is 44.5 Å². The number of nitrogens with zero attached hydrogens (tertiary/aromatic N) is 3. The van der Waals surface area contributed by atoms with E-state index >= 15 is 0 Å². The third kappa shape index (κ3) is 5.90. The molecule has 10 nitrogen and oxygen atoms in total. The van der Waals surface area contributed by atoms with Gasteiger partial charge in [-0.1, -0.05) is 42.5 Å². The smallest absolute Gasteiger partial charge is 0.269 e. The average molecular weight is 543 g/mol. The van der Waals surface area contributed by atoms with Crippen molar-refractivity contribution in [2.75, 3.05) is 26.2 Å². The van der Waals surface area contributed by atoms with Crippen LogP contribution in [0.1, 0.15) is 50.2 Å². The number of carbonyl (C=O) groups is 2. The van der Waals surface area contributed by atoms with Crippen LogP contribution in [-0.4, -0.2) is 47.8 Å². The Morgan fingerprint density at radius 1 is 1.10 bits per heavy atom. The second-order valence-electron chi connectivity index (χ2n) is 10.4. The van der Waals surface area contributed by atoms with E-state index in [1.54, 1.807) is 26.0 Å². The van der Waals surface area contributed by atoms with Gasteiger partial charge in [0.2, 0.25) is 11.8 Å². The van der Waals surface area contributed by atoms with Gasteiger partial charge in [-0.15, -0.1) is 0 Å². The molecule has 2 heterocycles. The maximum Gasteiger partial charge on any atom is 0.269 e. The van der Waals surface area contributed by atoms with E-state index in [4.69, 9.17) is 5.73 Å². The highest BCUT2D eigenvalue weighted by Gasteiger charge is 2.37. The number of amides is 2. The zero-order valence-electron chi connectivity index (χ0n) is 22.8. The lowest BCUT2D eigenvalue weighted by Crippen LogP contribution is -2.43. The lowest BCUT2D eigenvalue weighted by molar-refractivity contribution is -0.384. The van der Waals surface area contributed by atoms with Crippen molar-refractivity contribution < 1.29 is 14.5 Å². The number of hydrogen-bond donors (Lipinski definition) is 3. The van der Waals surface area contributed by atoms with Crippen molar-refractivity contribution in [3.8, 4) is 6.07 Å². The van der Waals surface area contributed by atoms with Crippen LogP contribution in [0.5, 0.6) is 0 Å². The monoisotopic (exact) mass is 542 g/mol. The number of nitro benzene ring substituents is 1. The average Bonchev–Trinajstić information content (AvgIpc) is 2.95. The molecule has 0 saturated carbocycles. The van der Waals surface area contributed by atoms with Crippen molar-refractivity contribution in [3.05, 3.63) is 98.4 Å². The number of nitro groups is 1. The third-order valence-electron chi connectivity index (χ3n) is 7.89. The van der Waals surface area contributed by atoms with E-state index in [9.17, 15) is 25.0 Å². The molecule has 0 spiro atoms. The molecule has 4 N–H and O–H groups in total. The first kappa shape index (κ1) is 28.5. The number of non-ortho nitro benzene ring substituents is 1. The Hall–Kier alpha value is -4.49. The molecule has 1 unspecified atom stereocenters. The fourth-order valence-electron chi connectivity index (χ4n) is 5.72. The van der Waals surface area contributed by atoms with Crippen molar-refractivity contribution in [1.29, 1.82) is 5.26 Å². The van der Waals surface area contributed by atoms with Crippen LogP contribution in [-0.2, 0) is 15.0 Å². The number of likely N-dealkylation sites (tertiary alicyclic amines) is 1. The van der Waals surface area contributed by atoms with Crippen molar-refractivity contribution in [3.63, 3.8) is 0 Å². The van der Waals surface area contributed by atoms with Crippen LogP contribution in [0, 0.1) is 21.4 Å². The number of primary amides is 1. The maximum atomic E-state index is 13.4. The lowest BCUT2D eigenvalue weighted by Gasteiger charge is -2.37. The molecule has 1 saturated heterocycles. The summed E-state index contributed by atoms with van der Waals surface area (Å²) in [7, 11) is 0. The van der Waals surface area contributed by atoms with E-state index in [1.165, 1.54) is 12.1 Å². The molecule has 1 atom stereocenters. The lowest BCUT2D eigenvalue weighted by atomic mass is 9.74. The van der Waals surface area contributed by atoms with E-state index in [1.807, 2.05) is 30.3 Å². The van der Waals surface area contributed by atoms with Gasteiger partial charge in [0.25, 0.3) is 5.69 Å². The summed E-state index contributed by atoms with van der Waals surface area (Å²) in [5.74, 6) is -1.75. The largest absolute Gasteiger partial charge is 0.366 e. The van der Waals surface area contributed by atoms with Crippen molar-refractivity contribution in [2.45, 2.75) is 44.4 Å². The van der Waals surface area contributed by atoms with Gasteiger partial charge in [-0.05, 0) is 63.9 Å². The number of benzene rings is 2. The normalized spacial score (nSPS) is 19.0. The van der Waals surface area contributed by atoms with E-state index in [0.29, 0.717) is 29.1 Å². The fraction of sp³-hybridized carbons (Fsp3) is 0.367. The van der Waals surface area contributed by atoms with Crippen LogP contribution < -0.4 is 16.4 Å². The Balaban J connectivity index is 1.39. The first-order valence-corrected chi connectivity index (χ1v) is 13.4. The minimum Gasteiger partial charge on any atom is -0.366 e. The molecule has 0 radical (unpaired) electrons. The zero-order valence-corrected chi connectivity index (χ0v) is 22.8. The second kappa shape index (κ2) is 12.1. The molecule has 2 aliphatic rings. The molecule has 2 amide bonds. The molecule has 0 aromatic heterocycles. The number of nitrogens with two attached hydrogens (primary N) is 1. The van der Waals surface area contributed by atoms with Gasteiger partial charge in [-0.2, -0.15) is 5.26 Å². The zero-order chi connectivity index (χ0) is 28.9. The number of nitriles is 1. The molecular formula is C30H34N6O4. The Morgan fingerprint density at radius 2 is 1.73 bits per heavy atom. The van der Waals surface area contributed by atoms with Crippen LogP contribution >= 0.6 is 0 Å². The van der Waals surface area contributed by atoms with Gasteiger partial charge in [0.15, 0.2) is 0 Å². The minimum absolute atomic E-state index is 0.0841. The van der Waals surface area contributed by atoms with Crippen molar-refractivity contribution in [2.24, 2.45) is 5.73 Å². The minimum atomic E-state index is -0.751. The molecule has 2 aliphatic heterocycles. The first-order chi connectivity index (χ1) is 19.2. The molecule has 1 fully saturated rings. The summed E-state index contributed by atoms with van der Waals surface area (Å²) in [5, 5.41) is 27.1. The predicted molar refractivity (Wildman–Crippen MR) is 151 cm³/mol. The van der Waals surface area contributed by atoms with E-state index < -0.39 is 22.2 Å². The Morgan fingerprint density at radius 3 is 2.30 bits per heavy atom. The van der Waals surface area contributed by atoms with Gasteiger partial charge in [0.05, 0.1) is 16.4 Å². The Kier molecular flexibility index (Phi) is 8.65. The van der Waals surface area contributed by atoms with E-state index in [-0.39, 0.29) is 17.2 Å². The topological polar surface area (TPSA) is 154 Å². The molecule has 4 rings (SSSR count). The molecule has 2 aromatic rings. The summed E-state index contributed by atoms with van der Waals surface area (Å²) >= 11 is 0. The number of carbonyl (C=O) groups excluding carboxylic acids is 2. The summed E-state index contributed by atoms with van der Waals surface area (Å²) in [5.41, 5.74) is 8.54. The predicted octanol–water partition coefficient (Wildman–Crippen LogP) is 3.38. The maximum absolute atomic E-state index is 13.4. The molecular weight excluding hydrogens is 508 g/mol. The van der Waals surface area contributed by atoms with Gasteiger partial charge < -0.3 is 21.3 Å². The Labute approximate surface area is 233 Å². The first-order valence-electron chi connectivity index (χ1n) is 13.4. The molecule has 10 heteroatoms. The standard InChI is InChI=1S/C30H34N6O4/c1-20-25(28(32)37)27(22-9-11-24(12-10-22)36(39)40)26(21(2)34-20)29(38)33-15-6-16-35-17-13-30(19-31,14-18-35)23-7-4-3-5-8-23/h3-5,7-12,27,34H,6,13-18H2,1-2H3,(H2,32,37)(H,33,38). The van der Waals surface area contributed by atoms with Gasteiger partial charge in [0, 0.05) is 47.1 Å². The number of dihydropyridines is 1. The summed E-state index contributed by atoms with van der Waals surface area (Å²) in [6.07, 6.45) is 2.24. The van der Waals surface area contributed by atoms with Gasteiger partial charge in [0.1, 0.15) is 0 Å². The van der Waals surface area contributed by atoms with Crippen LogP contribution in [0.25, 0.3) is 0 Å². The van der Waals surface area contributed by atoms with Gasteiger partial charge in [-0.25, -0.2) is 0 Å². The van der Waals surface area contributed by atoms with Crippen molar-refractivity contribution >= 4 is 17.5 Å². The van der Waals surface area contributed by atoms with Gasteiger partial charge >= 0.3 is 0 Å². The SMILES string of the molecule is CC1=C(C(N)=O)C(c2ccc([N+](=O)[O-])cc2)C(C(=O)NCCCN2CCC(C#N)(c3ccccc3)CC2)=C(C)N1. The number of hydrogen-bond acceptors (Lipinski definition) is 7. The fourth-order valence-corrected chi connectivity index (χ4v) is 5.72. The highest BCUT2D eigenvalue weighted by atomic mass is 16.6. The summed E-state index contributed by atoms with van der Waals surface area (Å²) < 4.78 is 0. The quantitative estimate of drug-likeness (QED) is 0.249. The molecule has 0 bridgehead atoms. The summed E-state index contributed by atoms with van der Waals surface area (Å²) in [4.78, 5) is 38.8. The van der Waals surface area contributed by atoms with Gasteiger partial charge in [-0.3, -0.25) is 19.7 Å². The summed E-state index contributed by atoms with van der Waals surface area (Å²) in [6.45, 7) is 6.29. The molecule has 0 aliphatic carbocycles. The van der Waals surface area contributed by atoms with Crippen molar-refractivity contribution in [1.82, 2.24) is 15.5 Å². The highest BCUT2D eigenvalue weighted by Crippen LogP contribution is 2.38.